The Kier molecular flexibility index (Phi) is 12.3. The third-order valence-corrected chi connectivity index (χ3v) is 9.95. The molecule has 4 rings (SSSR count). The van der Waals surface area contributed by atoms with E-state index in [1.54, 1.807) is 27.8 Å². The summed E-state index contributed by atoms with van der Waals surface area (Å²) in [5.41, 5.74) is 0.238. The van der Waals surface area contributed by atoms with Crippen molar-refractivity contribution in [2.75, 3.05) is 50.0 Å². The van der Waals surface area contributed by atoms with E-state index in [0.717, 1.165) is 30.4 Å². The highest BCUT2D eigenvalue weighted by Crippen LogP contribution is 2.40. The lowest BCUT2D eigenvalue weighted by molar-refractivity contribution is -0.127. The van der Waals surface area contributed by atoms with Crippen LogP contribution in [0.5, 0.6) is 5.75 Å². The fraction of sp³-hybridized carbons (Fsp3) is 0.419. The number of likely N-dealkylation sites (tertiary alicyclic amines) is 1. The fourth-order valence-corrected chi connectivity index (χ4v) is 7.47. The van der Waals surface area contributed by atoms with Crippen molar-refractivity contribution in [2.24, 2.45) is 0 Å². The molecule has 1 aliphatic heterocycles. The summed E-state index contributed by atoms with van der Waals surface area (Å²) in [7, 11) is -4.60. The summed E-state index contributed by atoms with van der Waals surface area (Å²) >= 11 is 0.986. The number of anilines is 2. The van der Waals surface area contributed by atoms with E-state index in [1.807, 2.05) is 0 Å². The largest absolute Gasteiger partial charge is 0.477 e. The van der Waals surface area contributed by atoms with E-state index in [1.165, 1.54) is 6.07 Å². The summed E-state index contributed by atoms with van der Waals surface area (Å²) in [5.74, 6) is 2.93. The molecule has 1 fully saturated rings. The number of hydrogen-bond acceptors (Lipinski definition) is 11. The van der Waals surface area contributed by atoms with Gasteiger partial charge >= 0.3 is 6.18 Å². The van der Waals surface area contributed by atoms with Gasteiger partial charge in [-0.3, -0.25) is 9.69 Å². The monoisotopic (exact) mass is 729 g/mol. The minimum absolute atomic E-state index is 0.000792. The number of sulfonamides is 1. The van der Waals surface area contributed by atoms with Gasteiger partial charge in [-0.2, -0.15) is 18.4 Å². The molecule has 2 heterocycles. The van der Waals surface area contributed by atoms with Gasteiger partial charge in [-0.25, -0.2) is 21.9 Å². The van der Waals surface area contributed by atoms with Crippen molar-refractivity contribution in [1.29, 1.82) is 5.26 Å². The Bertz CT molecular complexity index is 1890. The molecule has 11 nitrogen and oxygen atoms in total. The van der Waals surface area contributed by atoms with Gasteiger partial charge in [-0.1, -0.05) is 24.0 Å². The first kappa shape index (κ1) is 37.6. The Morgan fingerprint density at radius 1 is 1.27 bits per heavy atom. The van der Waals surface area contributed by atoms with Gasteiger partial charge in [0.15, 0.2) is 6.61 Å². The number of nitrogens with zero attached hydrogens (tertiary/aromatic N) is 2. The van der Waals surface area contributed by atoms with E-state index < -0.39 is 70.8 Å². The van der Waals surface area contributed by atoms with E-state index in [2.05, 4.69) is 22.5 Å². The molecule has 5 N–H and O–H groups in total. The number of alkyl halides is 4. The zero-order valence-corrected chi connectivity index (χ0v) is 27.5. The number of aliphatic hydroxyl groups is 2. The second-order valence-electron chi connectivity index (χ2n) is 11.1. The van der Waals surface area contributed by atoms with Crippen LogP contribution in [-0.2, 0) is 21.2 Å². The topological polar surface area (TPSA) is 164 Å². The summed E-state index contributed by atoms with van der Waals surface area (Å²) in [6, 6.07) is 7.28. The standard InChI is InChI=1S/C31H32F5N5O6S2/c1-18(43)40-49(45,46)29-13-27(47-11-8-37)26(12-22(29)32)38-9-3-6-28-21(14-31(34,35)36)20-4-2-5-25(30(20)48-28)39-24-7-10-41(16-23(24)33)15-19(44)17-42/h2,4-5,12-13,19,23-24,38-39,42,44H,7,9-11,14-17H2,1H3,(H,40,43). The number of ether oxygens (including phenoxy) is 1. The van der Waals surface area contributed by atoms with Crippen LogP contribution < -0.4 is 20.1 Å². The number of aliphatic hydroxyl groups excluding tert-OH is 2. The first-order chi connectivity index (χ1) is 23.1. The third-order valence-electron chi connectivity index (χ3n) is 7.30. The van der Waals surface area contributed by atoms with Crippen LogP contribution in [0.2, 0.25) is 0 Å². The molecule has 1 amide bonds. The number of amides is 1. The highest BCUT2D eigenvalue weighted by Gasteiger charge is 2.33. The van der Waals surface area contributed by atoms with Crippen LogP contribution in [0.15, 0.2) is 35.2 Å². The second-order valence-corrected chi connectivity index (χ2v) is 13.7. The molecule has 1 saturated heterocycles. The predicted molar refractivity (Wildman–Crippen MR) is 172 cm³/mol. The SMILES string of the molecule is CC(=O)NS(=O)(=O)c1cc(OCC#N)c(NCC#Cc2sc3c(NC4CCN(CC(O)CO)CC4F)cccc3c2CC(F)(F)F)cc1F. The number of β-amino-alcohol motifs (C(OH)–C–C–N with tert-alkyl or cyclic N) is 1. The van der Waals surface area contributed by atoms with Gasteiger partial charge < -0.3 is 25.6 Å². The number of nitriles is 1. The normalized spacial score (nSPS) is 17.4. The molecule has 2 aromatic carbocycles. The number of benzene rings is 2. The molecule has 1 aromatic heterocycles. The van der Waals surface area contributed by atoms with E-state index in [-0.39, 0.29) is 46.9 Å². The van der Waals surface area contributed by atoms with E-state index in [0.29, 0.717) is 23.4 Å². The number of fused-ring (bicyclic) bond motifs is 1. The summed E-state index contributed by atoms with van der Waals surface area (Å²) in [6.07, 6.45) is -7.88. The quantitative estimate of drug-likeness (QED) is 0.138. The highest BCUT2D eigenvalue weighted by molar-refractivity contribution is 7.90. The molecule has 0 spiro atoms. The Morgan fingerprint density at radius 3 is 2.67 bits per heavy atom. The molecule has 49 heavy (non-hydrogen) atoms. The molecule has 0 saturated carbocycles. The third kappa shape index (κ3) is 9.93. The Hall–Kier alpha value is -4.20. The van der Waals surface area contributed by atoms with Crippen molar-refractivity contribution >= 4 is 48.7 Å². The van der Waals surface area contributed by atoms with Crippen LogP contribution in [0.3, 0.4) is 0 Å². The summed E-state index contributed by atoms with van der Waals surface area (Å²) < 4.78 is 103. The number of rotatable bonds is 12. The maximum absolute atomic E-state index is 15.1. The highest BCUT2D eigenvalue weighted by atomic mass is 32.2. The van der Waals surface area contributed by atoms with Crippen molar-refractivity contribution < 1.29 is 50.1 Å². The van der Waals surface area contributed by atoms with Crippen LogP contribution in [-0.4, -0.2) is 93.3 Å². The first-order valence-electron chi connectivity index (χ1n) is 14.7. The van der Waals surface area contributed by atoms with Crippen LogP contribution >= 0.6 is 11.3 Å². The maximum atomic E-state index is 15.1. The van der Waals surface area contributed by atoms with Crippen molar-refractivity contribution in [3.63, 3.8) is 0 Å². The van der Waals surface area contributed by atoms with Crippen molar-refractivity contribution in [3.05, 3.63) is 46.6 Å². The number of thiophene rings is 1. The Morgan fingerprint density at radius 2 is 2.02 bits per heavy atom. The van der Waals surface area contributed by atoms with Crippen LogP contribution in [0, 0.1) is 29.0 Å². The number of carbonyl (C=O) groups excluding carboxylic acids is 1. The molecule has 264 valence electrons. The van der Waals surface area contributed by atoms with Crippen LogP contribution in [0.4, 0.5) is 33.3 Å². The lowest BCUT2D eigenvalue weighted by atomic mass is 10.0. The maximum Gasteiger partial charge on any atom is 0.393 e. The molecule has 3 aromatic rings. The predicted octanol–water partition coefficient (Wildman–Crippen LogP) is 3.51. The van der Waals surface area contributed by atoms with Gasteiger partial charge in [-0.05, 0) is 23.4 Å². The van der Waals surface area contributed by atoms with E-state index in [9.17, 15) is 35.9 Å². The molecular weight excluding hydrogens is 697 g/mol. The van der Waals surface area contributed by atoms with Crippen molar-refractivity contribution in [2.45, 2.75) is 49.2 Å². The van der Waals surface area contributed by atoms with Crippen molar-refractivity contribution in [3.8, 4) is 23.7 Å². The van der Waals surface area contributed by atoms with Gasteiger partial charge in [0, 0.05) is 38.7 Å². The minimum atomic E-state index is -4.60. The number of hydrogen-bond donors (Lipinski definition) is 5. The summed E-state index contributed by atoms with van der Waals surface area (Å²) in [5, 5.41) is 33.8. The smallest absolute Gasteiger partial charge is 0.393 e. The van der Waals surface area contributed by atoms with Gasteiger partial charge in [0.2, 0.25) is 5.91 Å². The van der Waals surface area contributed by atoms with E-state index in [4.69, 9.17) is 15.1 Å². The average molecular weight is 730 g/mol. The van der Waals surface area contributed by atoms with Gasteiger partial charge in [-0.15, -0.1) is 11.3 Å². The zero-order valence-electron chi connectivity index (χ0n) is 25.9. The number of nitrogens with one attached hydrogen (secondary N) is 3. The van der Waals surface area contributed by atoms with Crippen LogP contribution in [0.25, 0.3) is 10.1 Å². The molecule has 18 heteroatoms. The lowest BCUT2D eigenvalue weighted by Gasteiger charge is -2.36. The van der Waals surface area contributed by atoms with Gasteiger partial charge in [0.1, 0.15) is 28.7 Å². The van der Waals surface area contributed by atoms with Gasteiger partial charge in [0.25, 0.3) is 10.0 Å². The Balaban J connectivity index is 1.59. The van der Waals surface area contributed by atoms with Gasteiger partial charge in [0.05, 0.1) is 52.7 Å². The van der Waals surface area contributed by atoms with E-state index >= 15 is 4.39 Å². The fourth-order valence-electron chi connectivity index (χ4n) is 5.23. The summed E-state index contributed by atoms with van der Waals surface area (Å²) in [6.45, 7) is 0.200. The molecular formula is C31H32F5N5O6S2. The summed E-state index contributed by atoms with van der Waals surface area (Å²) in [4.78, 5) is 12.1. The Labute approximate surface area is 282 Å². The first-order valence-corrected chi connectivity index (χ1v) is 17.0. The molecule has 0 bridgehead atoms. The zero-order chi connectivity index (χ0) is 35.9. The molecule has 3 unspecified atom stereocenters. The lowest BCUT2D eigenvalue weighted by Crippen LogP contribution is -2.50. The molecule has 3 atom stereocenters. The average Bonchev–Trinajstić information content (AvgIpc) is 3.35. The molecule has 0 aliphatic carbocycles. The van der Waals surface area contributed by atoms with Crippen LogP contribution in [0.1, 0.15) is 23.8 Å². The number of piperidine rings is 1. The number of carbonyl (C=O) groups is 1. The minimum Gasteiger partial charge on any atom is -0.477 e. The second kappa shape index (κ2) is 16.0. The number of halogens is 5. The molecule has 0 radical (unpaired) electrons. The van der Waals surface area contributed by atoms with Crippen molar-refractivity contribution in [1.82, 2.24) is 9.62 Å². The molecule has 1 aliphatic rings.